The molecule has 0 unspecified atom stereocenters. The van der Waals surface area contributed by atoms with E-state index in [-0.39, 0.29) is 0 Å². The van der Waals surface area contributed by atoms with Crippen molar-refractivity contribution in [1.29, 1.82) is 0 Å². The third-order valence-corrected chi connectivity index (χ3v) is 13.2. The summed E-state index contributed by atoms with van der Waals surface area (Å²) in [5.41, 5.74) is 18.6. The molecule has 6 heteroatoms. The van der Waals surface area contributed by atoms with Crippen molar-refractivity contribution < 1.29 is 4.42 Å². The first-order valence-electron chi connectivity index (χ1n) is 20.4. The Bertz CT molecular complexity index is 3370. The van der Waals surface area contributed by atoms with E-state index in [0.29, 0.717) is 0 Å². The fourth-order valence-electron chi connectivity index (χ4n) is 10.1. The number of fused-ring (bicyclic) bond motifs is 7. The monoisotopic (exact) mass is 732 g/mol. The molecule has 0 aliphatic heterocycles. The Morgan fingerprint density at radius 1 is 0.276 bits per heavy atom. The minimum absolute atomic E-state index is 0.892. The third kappa shape index (κ3) is 4.97. The minimum Gasteiger partial charge on any atom is -0.456 e. The molecule has 0 bridgehead atoms. The Hall–Kier alpha value is -6.64. The van der Waals surface area contributed by atoms with Crippen LogP contribution >= 0.6 is 0 Å². The molecule has 58 heavy (non-hydrogen) atoms. The molecule has 0 N–H and O–H groups in total. The van der Waals surface area contributed by atoms with Gasteiger partial charge in [0.2, 0.25) is 0 Å². The van der Waals surface area contributed by atoms with Gasteiger partial charge in [-0.15, -0.1) is 16.4 Å². The summed E-state index contributed by atoms with van der Waals surface area (Å²) in [6.45, 7) is 0. The normalized spacial score (nSPS) is 11.8. The van der Waals surface area contributed by atoms with Crippen LogP contribution in [0, 0.1) is 0 Å². The lowest BCUT2D eigenvalue weighted by Gasteiger charge is -2.24. The maximum Gasteiger partial charge on any atom is 0.139 e. The molecule has 0 radical (unpaired) electrons. The first-order valence-corrected chi connectivity index (χ1v) is 20.4. The predicted octanol–water partition coefficient (Wildman–Crippen LogP) is 6.16. The summed E-state index contributed by atoms with van der Waals surface area (Å²) in [6, 6.07) is 60.0. The van der Waals surface area contributed by atoms with E-state index in [4.69, 9.17) is 4.42 Å². The molecule has 0 saturated heterocycles. The highest BCUT2D eigenvalue weighted by Crippen LogP contribution is 2.48. The van der Waals surface area contributed by atoms with E-state index >= 15 is 0 Å². The van der Waals surface area contributed by atoms with Gasteiger partial charge in [0.05, 0.1) is 0 Å². The van der Waals surface area contributed by atoms with E-state index in [1.54, 1.807) is 0 Å². The van der Waals surface area contributed by atoms with Gasteiger partial charge in [0.15, 0.2) is 0 Å². The standard InChI is InChI=1S/C52H37B5O/c53-48-47(49(54)51(56)52(57)50(48)55)46-36-21-10-6-17-32(36)43(33-18-7-11-22-37(33)46)29-25-26-38-41(27-29)58-40-24-12-23-39(45(38)40)44-34-19-8-4-15-30(34)42(28-13-2-1-3-14-28)31-16-5-9-20-35(31)44/h1-27H,53-57H2. The molecule has 0 aliphatic rings. The second-order valence-corrected chi connectivity index (χ2v) is 16.0. The van der Waals surface area contributed by atoms with Crippen molar-refractivity contribution in [3.8, 4) is 44.5 Å². The summed E-state index contributed by atoms with van der Waals surface area (Å²) in [7, 11) is 11.4. The van der Waals surface area contributed by atoms with Gasteiger partial charge in [-0.2, -0.15) is 0 Å². The molecule has 266 valence electrons. The molecule has 0 fully saturated rings. The Morgan fingerprint density at radius 2 is 0.707 bits per heavy atom. The van der Waals surface area contributed by atoms with Gasteiger partial charge in [-0.1, -0.05) is 157 Å². The topological polar surface area (TPSA) is 13.1 Å². The molecule has 0 aliphatic carbocycles. The Morgan fingerprint density at radius 3 is 1.22 bits per heavy atom. The summed E-state index contributed by atoms with van der Waals surface area (Å²) < 4.78 is 6.88. The van der Waals surface area contributed by atoms with Gasteiger partial charge >= 0.3 is 0 Å². The molecule has 0 spiro atoms. The van der Waals surface area contributed by atoms with E-state index < -0.39 is 0 Å². The van der Waals surface area contributed by atoms with Crippen LogP contribution in [0.5, 0.6) is 0 Å². The SMILES string of the molecule is Bc1c(B)c(B)c(-c2c3ccccc3c(-c3ccc4c(c3)oc3cccc(-c5c6ccccc6c(-c6ccccc6)c6ccccc56)c34)c3ccccc23)c(B)c1B. The molecule has 1 heterocycles. The zero-order valence-corrected chi connectivity index (χ0v) is 33.5. The van der Waals surface area contributed by atoms with Gasteiger partial charge in [-0.25, -0.2) is 0 Å². The Labute approximate surface area is 342 Å². The van der Waals surface area contributed by atoms with Gasteiger partial charge < -0.3 is 4.42 Å². The molecule has 10 aromatic carbocycles. The van der Waals surface area contributed by atoms with E-state index in [1.165, 1.54) is 109 Å². The largest absolute Gasteiger partial charge is 0.456 e. The predicted molar refractivity (Wildman–Crippen MR) is 266 cm³/mol. The lowest BCUT2D eigenvalue weighted by molar-refractivity contribution is 0.669. The van der Waals surface area contributed by atoms with Crippen molar-refractivity contribution in [2.24, 2.45) is 0 Å². The molecule has 0 saturated carbocycles. The van der Waals surface area contributed by atoms with Crippen molar-refractivity contribution in [3.63, 3.8) is 0 Å². The second-order valence-electron chi connectivity index (χ2n) is 16.0. The van der Waals surface area contributed by atoms with Crippen LogP contribution in [-0.4, -0.2) is 39.2 Å². The van der Waals surface area contributed by atoms with Crippen molar-refractivity contribution in [2.75, 3.05) is 0 Å². The highest BCUT2D eigenvalue weighted by molar-refractivity contribution is 6.69. The summed E-state index contributed by atoms with van der Waals surface area (Å²) in [5.74, 6) is 0. The smallest absolute Gasteiger partial charge is 0.139 e. The van der Waals surface area contributed by atoms with Gasteiger partial charge in [0, 0.05) is 10.8 Å². The highest BCUT2D eigenvalue weighted by Gasteiger charge is 2.23. The number of benzene rings is 10. The third-order valence-electron chi connectivity index (χ3n) is 13.2. The van der Waals surface area contributed by atoms with Crippen LogP contribution in [0.3, 0.4) is 0 Å². The van der Waals surface area contributed by atoms with Crippen LogP contribution in [0.15, 0.2) is 168 Å². The number of hydrogen-bond acceptors (Lipinski definition) is 1. The molecule has 0 amide bonds. The van der Waals surface area contributed by atoms with E-state index in [0.717, 1.165) is 27.5 Å². The zero-order chi connectivity index (χ0) is 39.2. The van der Waals surface area contributed by atoms with Crippen LogP contribution in [-0.2, 0) is 0 Å². The van der Waals surface area contributed by atoms with Gasteiger partial charge in [0.25, 0.3) is 0 Å². The minimum atomic E-state index is 0.892. The molecule has 1 nitrogen and oxygen atoms in total. The number of rotatable bonds is 4. The lowest BCUT2D eigenvalue weighted by Crippen LogP contribution is -2.55. The maximum atomic E-state index is 6.88. The van der Waals surface area contributed by atoms with Gasteiger partial charge in [-0.3, -0.25) is 0 Å². The van der Waals surface area contributed by atoms with E-state index in [9.17, 15) is 0 Å². The van der Waals surface area contributed by atoms with Crippen LogP contribution in [0.2, 0.25) is 0 Å². The molecule has 1 aromatic heterocycles. The van der Waals surface area contributed by atoms with Crippen LogP contribution in [0.1, 0.15) is 0 Å². The number of hydrogen-bond donors (Lipinski definition) is 0. The van der Waals surface area contributed by atoms with Crippen molar-refractivity contribution in [2.45, 2.75) is 0 Å². The fourth-order valence-corrected chi connectivity index (χ4v) is 10.1. The molecule has 0 atom stereocenters. The second kappa shape index (κ2) is 13.2. The summed E-state index contributed by atoms with van der Waals surface area (Å²) in [6.07, 6.45) is 0. The Kier molecular flexibility index (Phi) is 7.88. The van der Waals surface area contributed by atoms with Crippen molar-refractivity contribution in [3.05, 3.63) is 164 Å². The zero-order valence-electron chi connectivity index (χ0n) is 33.5. The summed E-state index contributed by atoms with van der Waals surface area (Å²) >= 11 is 0. The van der Waals surface area contributed by atoms with Crippen molar-refractivity contribution in [1.82, 2.24) is 0 Å². The van der Waals surface area contributed by atoms with Crippen molar-refractivity contribution >= 4 is 132 Å². The maximum absolute atomic E-state index is 6.88. The van der Waals surface area contributed by atoms with Gasteiger partial charge in [0.1, 0.15) is 50.4 Å². The fraction of sp³-hybridized carbons (Fsp3) is 0. The molecular formula is C52H37B5O. The Balaban J connectivity index is 1.18. The molecular weight excluding hydrogens is 695 g/mol. The van der Waals surface area contributed by atoms with Gasteiger partial charge in [-0.05, 0) is 106 Å². The highest BCUT2D eigenvalue weighted by atomic mass is 16.3. The summed E-state index contributed by atoms with van der Waals surface area (Å²) in [4.78, 5) is 0. The molecule has 11 aromatic rings. The van der Waals surface area contributed by atoms with Crippen LogP contribution in [0.25, 0.3) is 110 Å². The quantitative estimate of drug-likeness (QED) is 0.156. The average Bonchev–Trinajstić information content (AvgIpc) is 3.65. The average molecular weight is 732 g/mol. The number of furan rings is 1. The van der Waals surface area contributed by atoms with Crippen LogP contribution in [0.4, 0.5) is 0 Å². The van der Waals surface area contributed by atoms with E-state index in [1.807, 2.05) is 0 Å². The first kappa shape index (κ1) is 34.6. The van der Waals surface area contributed by atoms with E-state index in [2.05, 4.69) is 203 Å². The lowest BCUT2D eigenvalue weighted by atomic mass is 9.59. The molecule has 11 rings (SSSR count). The summed E-state index contributed by atoms with van der Waals surface area (Å²) in [5, 5.41) is 12.3. The first-order chi connectivity index (χ1) is 28.4. The van der Waals surface area contributed by atoms with Crippen LogP contribution < -0.4 is 27.3 Å².